The second-order valence-electron chi connectivity index (χ2n) is 4.03. The third-order valence-corrected chi connectivity index (χ3v) is 2.82. The molecule has 0 saturated heterocycles. The van der Waals surface area contributed by atoms with Gasteiger partial charge in [0.1, 0.15) is 5.92 Å². The van der Waals surface area contributed by atoms with Gasteiger partial charge in [-0.05, 0) is 19.8 Å². The van der Waals surface area contributed by atoms with Gasteiger partial charge < -0.3 is 15.5 Å². The zero-order valence-electron chi connectivity index (χ0n) is 8.77. The van der Waals surface area contributed by atoms with Crippen molar-refractivity contribution in [3.8, 4) is 0 Å². The van der Waals surface area contributed by atoms with Gasteiger partial charge in [-0.3, -0.25) is 9.59 Å². The van der Waals surface area contributed by atoms with Gasteiger partial charge in [0, 0.05) is 0 Å². The second-order valence-corrected chi connectivity index (χ2v) is 4.03. The lowest BCUT2D eigenvalue weighted by atomic mass is 9.92. The van der Waals surface area contributed by atoms with Crippen LogP contribution in [0.4, 0.5) is 0 Å². The smallest absolute Gasteiger partial charge is 0.315 e. The van der Waals surface area contributed by atoms with E-state index in [-0.39, 0.29) is 6.04 Å². The molecule has 15 heavy (non-hydrogen) atoms. The summed E-state index contributed by atoms with van der Waals surface area (Å²) in [6.45, 7) is 1.34. The highest BCUT2D eigenvalue weighted by atomic mass is 16.4. The first-order valence-electron chi connectivity index (χ1n) is 5.23. The van der Waals surface area contributed by atoms with E-state index in [1.165, 1.54) is 6.92 Å². The lowest BCUT2D eigenvalue weighted by Crippen LogP contribution is -2.47. The van der Waals surface area contributed by atoms with Crippen molar-refractivity contribution in [1.82, 2.24) is 5.32 Å². The fourth-order valence-corrected chi connectivity index (χ4v) is 1.70. The largest absolute Gasteiger partial charge is 0.481 e. The molecule has 0 aromatic heterocycles. The van der Waals surface area contributed by atoms with Crippen molar-refractivity contribution in [2.75, 3.05) is 0 Å². The topological polar surface area (TPSA) is 86.6 Å². The fourth-order valence-electron chi connectivity index (χ4n) is 1.70. The van der Waals surface area contributed by atoms with E-state index in [2.05, 4.69) is 5.32 Å². The minimum Gasteiger partial charge on any atom is -0.481 e. The molecule has 1 saturated carbocycles. The Morgan fingerprint density at radius 2 is 1.93 bits per heavy atom. The predicted molar refractivity (Wildman–Crippen MR) is 53.2 cm³/mol. The Morgan fingerprint density at radius 3 is 2.47 bits per heavy atom. The molecule has 0 spiro atoms. The lowest BCUT2D eigenvalue weighted by molar-refractivity contribution is -0.146. The molecule has 0 bridgehead atoms. The molecule has 0 aromatic carbocycles. The normalized spacial score (nSPS) is 28.1. The minimum atomic E-state index is -1.14. The quantitative estimate of drug-likeness (QED) is 0.584. The molecule has 86 valence electrons. The number of aliphatic carboxylic acids is 1. The molecule has 1 aliphatic carbocycles. The highest BCUT2D eigenvalue weighted by molar-refractivity contribution is 5.96. The molecule has 5 nitrogen and oxygen atoms in total. The number of aliphatic hydroxyl groups is 1. The molecule has 0 aromatic rings. The molecular formula is C10H17NO4. The number of rotatable bonds is 3. The van der Waals surface area contributed by atoms with Gasteiger partial charge in [0.05, 0.1) is 12.1 Å². The van der Waals surface area contributed by atoms with E-state index in [1.54, 1.807) is 0 Å². The molecule has 1 amide bonds. The van der Waals surface area contributed by atoms with E-state index in [9.17, 15) is 14.7 Å². The molecule has 1 rings (SSSR count). The van der Waals surface area contributed by atoms with Crippen LogP contribution in [0.15, 0.2) is 0 Å². The first-order valence-corrected chi connectivity index (χ1v) is 5.23. The maximum Gasteiger partial charge on any atom is 0.315 e. The van der Waals surface area contributed by atoms with Crippen LogP contribution in [-0.4, -0.2) is 34.2 Å². The number of nitrogens with one attached hydrogen (secondary N) is 1. The highest BCUT2D eigenvalue weighted by Gasteiger charge is 2.28. The Morgan fingerprint density at radius 1 is 1.33 bits per heavy atom. The van der Waals surface area contributed by atoms with E-state index >= 15 is 0 Å². The summed E-state index contributed by atoms with van der Waals surface area (Å²) in [5.74, 6) is -2.72. The summed E-state index contributed by atoms with van der Waals surface area (Å²) in [7, 11) is 0. The molecule has 3 atom stereocenters. The highest BCUT2D eigenvalue weighted by Crippen LogP contribution is 2.18. The van der Waals surface area contributed by atoms with E-state index in [1.807, 2.05) is 0 Å². The minimum absolute atomic E-state index is 0.284. The number of carboxylic acid groups (broad SMARTS) is 1. The maximum absolute atomic E-state index is 11.4. The Balaban J connectivity index is 2.46. The number of aliphatic hydroxyl groups excluding tert-OH is 1. The summed E-state index contributed by atoms with van der Waals surface area (Å²) >= 11 is 0. The van der Waals surface area contributed by atoms with Gasteiger partial charge in [-0.2, -0.15) is 0 Å². The summed E-state index contributed by atoms with van der Waals surface area (Å²) in [4.78, 5) is 21.9. The monoisotopic (exact) mass is 215 g/mol. The Bertz CT molecular complexity index is 254. The van der Waals surface area contributed by atoms with E-state index in [0.29, 0.717) is 6.42 Å². The van der Waals surface area contributed by atoms with Crippen LogP contribution >= 0.6 is 0 Å². The number of amides is 1. The number of carboxylic acids is 1. The van der Waals surface area contributed by atoms with E-state index in [0.717, 1.165) is 19.3 Å². The SMILES string of the molecule is CC(C(=O)O)C(=O)NC1CCCCC1O. The first kappa shape index (κ1) is 12.0. The number of carbonyl (C=O) groups is 2. The van der Waals surface area contributed by atoms with Gasteiger partial charge in [-0.25, -0.2) is 0 Å². The third kappa shape index (κ3) is 3.20. The molecule has 3 N–H and O–H groups in total. The van der Waals surface area contributed by atoms with Crippen LogP contribution in [0.5, 0.6) is 0 Å². The van der Waals surface area contributed by atoms with Crippen molar-refractivity contribution in [2.45, 2.75) is 44.8 Å². The van der Waals surface area contributed by atoms with E-state index < -0.39 is 23.9 Å². The van der Waals surface area contributed by atoms with E-state index in [4.69, 9.17) is 5.11 Å². The third-order valence-electron chi connectivity index (χ3n) is 2.82. The molecule has 1 fully saturated rings. The average molecular weight is 215 g/mol. The number of hydrogen-bond acceptors (Lipinski definition) is 3. The Hall–Kier alpha value is -1.10. The van der Waals surface area contributed by atoms with Crippen LogP contribution in [0, 0.1) is 5.92 Å². The molecule has 0 aliphatic heterocycles. The number of carbonyl (C=O) groups excluding carboxylic acids is 1. The van der Waals surface area contributed by atoms with Crippen molar-refractivity contribution >= 4 is 11.9 Å². The van der Waals surface area contributed by atoms with Crippen LogP contribution in [0.25, 0.3) is 0 Å². The van der Waals surface area contributed by atoms with Gasteiger partial charge in [0.15, 0.2) is 0 Å². The summed E-state index contributed by atoms with van der Waals surface area (Å²) in [5, 5.41) is 20.8. The average Bonchev–Trinajstić information content (AvgIpc) is 2.20. The molecular weight excluding hydrogens is 198 g/mol. The second kappa shape index (κ2) is 5.11. The zero-order chi connectivity index (χ0) is 11.4. The van der Waals surface area contributed by atoms with Gasteiger partial charge in [0.2, 0.25) is 5.91 Å². The summed E-state index contributed by atoms with van der Waals surface area (Å²) in [6.07, 6.45) is 2.78. The van der Waals surface area contributed by atoms with Gasteiger partial charge in [-0.1, -0.05) is 12.8 Å². The Labute approximate surface area is 88.5 Å². The molecule has 5 heteroatoms. The predicted octanol–water partition coefficient (Wildman–Crippen LogP) is 0.127. The van der Waals surface area contributed by atoms with Crippen LogP contribution < -0.4 is 5.32 Å². The van der Waals surface area contributed by atoms with Crippen LogP contribution in [-0.2, 0) is 9.59 Å². The summed E-state index contributed by atoms with van der Waals surface area (Å²) in [6, 6.07) is -0.284. The Kier molecular flexibility index (Phi) is 4.08. The lowest BCUT2D eigenvalue weighted by Gasteiger charge is -2.28. The summed E-state index contributed by atoms with van der Waals surface area (Å²) < 4.78 is 0. The fraction of sp³-hybridized carbons (Fsp3) is 0.800. The van der Waals surface area contributed by atoms with Gasteiger partial charge in [0.25, 0.3) is 0 Å². The molecule has 0 heterocycles. The van der Waals surface area contributed by atoms with Crippen molar-refractivity contribution in [1.29, 1.82) is 0 Å². The number of hydrogen-bond donors (Lipinski definition) is 3. The van der Waals surface area contributed by atoms with Crippen molar-refractivity contribution < 1.29 is 19.8 Å². The first-order chi connectivity index (χ1) is 7.02. The van der Waals surface area contributed by atoms with Crippen molar-refractivity contribution in [3.63, 3.8) is 0 Å². The zero-order valence-corrected chi connectivity index (χ0v) is 8.77. The maximum atomic E-state index is 11.4. The molecule has 0 radical (unpaired) electrons. The van der Waals surface area contributed by atoms with Gasteiger partial charge in [-0.15, -0.1) is 0 Å². The van der Waals surface area contributed by atoms with Crippen LogP contribution in [0.2, 0.25) is 0 Å². The van der Waals surface area contributed by atoms with Crippen LogP contribution in [0.1, 0.15) is 32.6 Å². The summed E-state index contributed by atoms with van der Waals surface area (Å²) in [5.41, 5.74) is 0. The standard InChI is InChI=1S/C10H17NO4/c1-6(10(14)15)9(13)11-7-4-2-3-5-8(7)12/h6-8,12H,2-5H2,1H3,(H,11,13)(H,14,15). The van der Waals surface area contributed by atoms with Crippen molar-refractivity contribution in [2.24, 2.45) is 5.92 Å². The van der Waals surface area contributed by atoms with Crippen molar-refractivity contribution in [3.05, 3.63) is 0 Å². The molecule has 1 aliphatic rings. The molecule has 3 unspecified atom stereocenters. The van der Waals surface area contributed by atoms with Crippen LogP contribution in [0.3, 0.4) is 0 Å². The van der Waals surface area contributed by atoms with Gasteiger partial charge >= 0.3 is 5.97 Å².